The number of hydrogen-bond donors (Lipinski definition) is 0. The molecule has 4 heteroatoms. The average Bonchev–Trinajstić information content (AvgIpc) is 3.03. The minimum Gasteiger partial charge on any atom is -0.327 e. The van der Waals surface area contributed by atoms with E-state index >= 15 is 0 Å². The van der Waals surface area contributed by atoms with Crippen LogP contribution in [0.1, 0.15) is 11.4 Å². The molecule has 0 saturated carbocycles. The van der Waals surface area contributed by atoms with E-state index in [0.717, 1.165) is 57.2 Å². The highest BCUT2D eigenvalue weighted by Crippen LogP contribution is 2.15. The van der Waals surface area contributed by atoms with Crippen LogP contribution in [-0.4, -0.2) is 58.6 Å². The maximum absolute atomic E-state index is 4.68. The highest BCUT2D eigenvalue weighted by atomic mass is 15.3. The molecule has 0 bridgehead atoms. The van der Waals surface area contributed by atoms with Crippen LogP contribution in [0, 0.1) is 6.92 Å². The topological polar surface area (TPSA) is 24.3 Å². The monoisotopic (exact) mass is 360 g/mol. The molecule has 4 rings (SSSR count). The molecule has 1 fully saturated rings. The van der Waals surface area contributed by atoms with Gasteiger partial charge < -0.3 is 4.57 Å². The highest BCUT2D eigenvalue weighted by Gasteiger charge is 2.16. The molecule has 0 spiro atoms. The molecule has 0 aliphatic carbocycles. The summed E-state index contributed by atoms with van der Waals surface area (Å²) in [6.45, 7) is 9.82. The first kappa shape index (κ1) is 18.0. The Bertz CT molecular complexity index is 889. The van der Waals surface area contributed by atoms with Gasteiger partial charge in [-0.15, -0.1) is 0 Å². The van der Waals surface area contributed by atoms with Crippen molar-refractivity contribution in [1.29, 1.82) is 0 Å². The largest absolute Gasteiger partial charge is 0.327 e. The van der Waals surface area contributed by atoms with Gasteiger partial charge in [0.05, 0.1) is 11.0 Å². The van der Waals surface area contributed by atoms with Crippen molar-refractivity contribution in [3.8, 4) is 0 Å². The van der Waals surface area contributed by atoms with Crippen LogP contribution >= 0.6 is 0 Å². The summed E-state index contributed by atoms with van der Waals surface area (Å²) in [6.07, 6.45) is 4.51. The molecule has 0 amide bonds. The van der Waals surface area contributed by atoms with Gasteiger partial charge >= 0.3 is 0 Å². The second kappa shape index (κ2) is 8.51. The van der Waals surface area contributed by atoms with Crippen molar-refractivity contribution in [1.82, 2.24) is 19.4 Å². The Labute approximate surface area is 161 Å². The summed E-state index contributed by atoms with van der Waals surface area (Å²) in [4.78, 5) is 9.79. The molecule has 0 atom stereocenters. The molecule has 1 saturated heterocycles. The van der Waals surface area contributed by atoms with Crippen LogP contribution in [0.25, 0.3) is 17.1 Å². The summed E-state index contributed by atoms with van der Waals surface area (Å²) < 4.78 is 2.35. The smallest absolute Gasteiger partial charge is 0.106 e. The van der Waals surface area contributed by atoms with Gasteiger partial charge in [-0.2, -0.15) is 0 Å². The van der Waals surface area contributed by atoms with Gasteiger partial charge in [-0.1, -0.05) is 54.6 Å². The number of aromatic nitrogens is 2. The predicted octanol–water partition coefficient (Wildman–Crippen LogP) is 3.68. The van der Waals surface area contributed by atoms with Crippen LogP contribution < -0.4 is 0 Å². The van der Waals surface area contributed by atoms with Crippen molar-refractivity contribution in [3.05, 3.63) is 72.1 Å². The molecular formula is C23H28N4. The molecule has 1 aromatic heterocycles. The second-order valence-corrected chi connectivity index (χ2v) is 7.25. The van der Waals surface area contributed by atoms with Gasteiger partial charge in [0, 0.05) is 45.8 Å². The van der Waals surface area contributed by atoms with Gasteiger partial charge in [0.15, 0.2) is 0 Å². The van der Waals surface area contributed by atoms with Crippen molar-refractivity contribution in [3.63, 3.8) is 0 Å². The lowest BCUT2D eigenvalue weighted by molar-refractivity contribution is 0.139. The third kappa shape index (κ3) is 4.46. The van der Waals surface area contributed by atoms with E-state index in [-0.39, 0.29) is 0 Å². The van der Waals surface area contributed by atoms with Gasteiger partial charge in [-0.3, -0.25) is 9.80 Å². The number of nitrogens with zero attached hydrogens (tertiary/aromatic N) is 4. The van der Waals surface area contributed by atoms with Crippen molar-refractivity contribution < 1.29 is 0 Å². The molecule has 3 aromatic rings. The lowest BCUT2D eigenvalue weighted by Gasteiger charge is -2.34. The Balaban J connectivity index is 1.25. The number of para-hydroxylation sites is 2. The van der Waals surface area contributed by atoms with E-state index in [1.165, 1.54) is 11.1 Å². The molecule has 140 valence electrons. The number of piperazine rings is 1. The van der Waals surface area contributed by atoms with Crippen molar-refractivity contribution in [2.24, 2.45) is 0 Å². The fraction of sp³-hybridized carbons (Fsp3) is 0.348. The molecule has 2 aromatic carbocycles. The van der Waals surface area contributed by atoms with Crippen LogP contribution in [0.15, 0.2) is 60.7 Å². The first-order chi connectivity index (χ1) is 13.3. The van der Waals surface area contributed by atoms with E-state index in [2.05, 4.69) is 93.0 Å². The molecule has 0 unspecified atom stereocenters. The van der Waals surface area contributed by atoms with Gasteiger partial charge in [-0.05, 0) is 24.6 Å². The van der Waals surface area contributed by atoms with Crippen LogP contribution in [0.4, 0.5) is 0 Å². The first-order valence-corrected chi connectivity index (χ1v) is 9.88. The first-order valence-electron chi connectivity index (χ1n) is 9.88. The molecule has 0 radical (unpaired) electrons. The summed E-state index contributed by atoms with van der Waals surface area (Å²) in [7, 11) is 0. The zero-order valence-corrected chi connectivity index (χ0v) is 16.1. The van der Waals surface area contributed by atoms with Crippen LogP contribution in [0.5, 0.6) is 0 Å². The third-order valence-electron chi connectivity index (χ3n) is 5.42. The van der Waals surface area contributed by atoms with Crippen molar-refractivity contribution in [2.75, 3.05) is 39.3 Å². The molecular weight excluding hydrogens is 332 g/mol. The van der Waals surface area contributed by atoms with Gasteiger partial charge in [0.25, 0.3) is 0 Å². The molecule has 4 nitrogen and oxygen atoms in total. The SMILES string of the molecule is Cc1nc2ccccc2n1CCN1CCN(CC=Cc2ccccc2)CC1. The predicted molar refractivity (Wildman–Crippen MR) is 113 cm³/mol. The molecule has 2 heterocycles. The number of hydrogen-bond acceptors (Lipinski definition) is 3. The Morgan fingerprint density at radius 1 is 0.852 bits per heavy atom. The van der Waals surface area contributed by atoms with E-state index in [9.17, 15) is 0 Å². The summed E-state index contributed by atoms with van der Waals surface area (Å²) in [5.41, 5.74) is 3.63. The second-order valence-electron chi connectivity index (χ2n) is 7.25. The van der Waals surface area contributed by atoms with Gasteiger partial charge in [0.1, 0.15) is 5.82 Å². The number of imidazole rings is 1. The molecule has 27 heavy (non-hydrogen) atoms. The number of aryl methyl sites for hydroxylation is 1. The highest BCUT2D eigenvalue weighted by molar-refractivity contribution is 5.75. The Morgan fingerprint density at radius 3 is 2.37 bits per heavy atom. The number of fused-ring (bicyclic) bond motifs is 1. The average molecular weight is 361 g/mol. The molecule has 0 N–H and O–H groups in total. The maximum Gasteiger partial charge on any atom is 0.106 e. The summed E-state index contributed by atoms with van der Waals surface area (Å²) in [5, 5.41) is 0. The Hall–Kier alpha value is -2.43. The van der Waals surface area contributed by atoms with Gasteiger partial charge in [-0.25, -0.2) is 4.98 Å². The fourth-order valence-corrected chi connectivity index (χ4v) is 3.82. The van der Waals surface area contributed by atoms with E-state index in [1.54, 1.807) is 0 Å². The quantitative estimate of drug-likeness (QED) is 0.670. The number of benzene rings is 2. The zero-order valence-electron chi connectivity index (χ0n) is 16.1. The van der Waals surface area contributed by atoms with E-state index in [4.69, 9.17) is 0 Å². The van der Waals surface area contributed by atoms with E-state index < -0.39 is 0 Å². The summed E-state index contributed by atoms with van der Waals surface area (Å²) in [6, 6.07) is 19.0. The Kier molecular flexibility index (Phi) is 5.66. The summed E-state index contributed by atoms with van der Waals surface area (Å²) in [5.74, 6) is 1.11. The molecule has 1 aliphatic heterocycles. The van der Waals surface area contributed by atoms with E-state index in [0.29, 0.717) is 0 Å². The Morgan fingerprint density at radius 2 is 1.56 bits per heavy atom. The lowest BCUT2D eigenvalue weighted by Crippen LogP contribution is -2.47. The van der Waals surface area contributed by atoms with E-state index in [1.807, 2.05) is 0 Å². The minimum atomic E-state index is 1.01. The van der Waals surface area contributed by atoms with Crippen LogP contribution in [0.2, 0.25) is 0 Å². The zero-order chi connectivity index (χ0) is 18.5. The van der Waals surface area contributed by atoms with Crippen molar-refractivity contribution in [2.45, 2.75) is 13.5 Å². The summed E-state index contributed by atoms with van der Waals surface area (Å²) >= 11 is 0. The molecule has 1 aliphatic rings. The van der Waals surface area contributed by atoms with Crippen LogP contribution in [-0.2, 0) is 6.54 Å². The minimum absolute atomic E-state index is 1.01. The number of rotatable bonds is 6. The third-order valence-corrected chi connectivity index (χ3v) is 5.42. The van der Waals surface area contributed by atoms with Crippen molar-refractivity contribution >= 4 is 17.1 Å². The lowest BCUT2D eigenvalue weighted by atomic mass is 10.2. The maximum atomic E-state index is 4.68. The fourth-order valence-electron chi connectivity index (χ4n) is 3.82. The van der Waals surface area contributed by atoms with Crippen LogP contribution in [0.3, 0.4) is 0 Å². The van der Waals surface area contributed by atoms with Gasteiger partial charge in [0.2, 0.25) is 0 Å². The normalized spacial score (nSPS) is 16.5. The standard InChI is InChI=1S/C23H28N4/c1-20-24-22-11-5-6-12-23(22)27(20)19-18-26-16-14-25(15-17-26)13-7-10-21-8-3-2-4-9-21/h2-12H,13-19H2,1H3.